The van der Waals surface area contributed by atoms with Gasteiger partial charge in [-0.3, -0.25) is 4.79 Å². The highest BCUT2D eigenvalue weighted by molar-refractivity contribution is 7.92. The van der Waals surface area contributed by atoms with Gasteiger partial charge in [0.25, 0.3) is 0 Å². The molecule has 0 unspecified atom stereocenters. The first-order valence-electron chi connectivity index (χ1n) is 9.32. The monoisotopic (exact) mass is 423 g/mol. The molecule has 1 aliphatic rings. The zero-order valence-corrected chi connectivity index (χ0v) is 17.1. The van der Waals surface area contributed by atoms with Gasteiger partial charge in [0.15, 0.2) is 9.84 Å². The first kappa shape index (κ1) is 20.8. The van der Waals surface area contributed by atoms with Gasteiger partial charge in [0, 0.05) is 16.6 Å². The Bertz CT molecular complexity index is 910. The number of hydrogen-bond donors (Lipinski definition) is 0. The van der Waals surface area contributed by atoms with Crippen LogP contribution < -0.4 is 0 Å². The molecular formula is C21H23ClFNO3S. The summed E-state index contributed by atoms with van der Waals surface area (Å²) in [5, 5.41) is 0.240. The minimum atomic E-state index is -3.53. The Balaban J connectivity index is 1.60. The van der Waals surface area contributed by atoms with Crippen LogP contribution >= 0.6 is 11.6 Å². The Morgan fingerprint density at radius 1 is 1.11 bits per heavy atom. The van der Waals surface area contributed by atoms with Gasteiger partial charge >= 0.3 is 0 Å². The van der Waals surface area contributed by atoms with Crippen molar-refractivity contribution < 1.29 is 17.6 Å². The summed E-state index contributed by atoms with van der Waals surface area (Å²) < 4.78 is 38.9. The lowest BCUT2D eigenvalue weighted by Crippen LogP contribution is -2.37. The van der Waals surface area contributed by atoms with Crippen molar-refractivity contribution in [3.8, 4) is 0 Å². The van der Waals surface area contributed by atoms with Crippen LogP contribution in [0.4, 0.5) is 4.39 Å². The van der Waals surface area contributed by atoms with E-state index in [4.69, 9.17) is 11.6 Å². The molecule has 0 aromatic heterocycles. The molecule has 7 heteroatoms. The molecular weight excluding hydrogens is 401 g/mol. The molecule has 0 N–H and O–H groups in total. The number of hydrogen-bond acceptors (Lipinski definition) is 3. The summed E-state index contributed by atoms with van der Waals surface area (Å²) in [6.07, 6.45) is 2.70. The van der Waals surface area contributed by atoms with E-state index >= 15 is 0 Å². The summed E-state index contributed by atoms with van der Waals surface area (Å²) in [7, 11) is -3.53. The lowest BCUT2D eigenvalue weighted by atomic mass is 10.1. The maximum Gasteiger partial charge on any atom is 0.238 e. The molecule has 1 saturated carbocycles. The molecule has 150 valence electrons. The highest BCUT2D eigenvalue weighted by atomic mass is 35.5. The van der Waals surface area contributed by atoms with Gasteiger partial charge in [0.05, 0.1) is 12.3 Å². The number of sulfone groups is 1. The van der Waals surface area contributed by atoms with Crippen LogP contribution in [0.2, 0.25) is 5.02 Å². The summed E-state index contributed by atoms with van der Waals surface area (Å²) >= 11 is 6.07. The van der Waals surface area contributed by atoms with Crippen LogP contribution in [0.15, 0.2) is 48.5 Å². The van der Waals surface area contributed by atoms with E-state index in [1.807, 2.05) is 30.3 Å². The molecule has 1 amide bonds. The van der Waals surface area contributed by atoms with Gasteiger partial charge in [-0.05, 0) is 43.4 Å². The molecule has 2 aromatic rings. The van der Waals surface area contributed by atoms with Crippen molar-refractivity contribution in [1.82, 2.24) is 4.90 Å². The predicted octanol–water partition coefficient (Wildman–Crippen LogP) is 4.02. The van der Waals surface area contributed by atoms with Gasteiger partial charge in [-0.25, -0.2) is 12.8 Å². The first-order chi connectivity index (χ1) is 13.4. The average Bonchev–Trinajstić information content (AvgIpc) is 3.46. The lowest BCUT2D eigenvalue weighted by Gasteiger charge is -2.23. The highest BCUT2D eigenvalue weighted by Crippen LogP contribution is 2.31. The van der Waals surface area contributed by atoms with Crippen LogP contribution in [0.25, 0.3) is 0 Å². The zero-order chi connectivity index (χ0) is 20.1. The second kappa shape index (κ2) is 9.05. The Kier molecular flexibility index (Phi) is 6.73. The van der Waals surface area contributed by atoms with Crippen LogP contribution in [0.5, 0.6) is 0 Å². The normalized spacial score (nSPS) is 14.1. The standard InChI is InChI=1S/C21H23ClFNO3S/c22-19-9-4-10-20(23)18(19)14-24(17-11-12-17)21(25)15-28(26,27)13-5-8-16-6-2-1-3-7-16/h1-4,6-7,9-10,17H,5,8,11-15H2. The van der Waals surface area contributed by atoms with Gasteiger partial charge in [-0.1, -0.05) is 48.0 Å². The SMILES string of the molecule is O=C(CS(=O)(=O)CCCc1ccccc1)N(Cc1c(F)cccc1Cl)C1CC1. The van der Waals surface area contributed by atoms with Gasteiger partial charge in [0.2, 0.25) is 5.91 Å². The van der Waals surface area contributed by atoms with E-state index in [2.05, 4.69) is 0 Å². The number of nitrogens with zero attached hydrogens (tertiary/aromatic N) is 1. The molecule has 0 saturated heterocycles. The molecule has 3 rings (SSSR count). The molecule has 1 aliphatic carbocycles. The number of halogens is 2. The molecule has 0 heterocycles. The van der Waals surface area contributed by atoms with E-state index in [-0.39, 0.29) is 28.9 Å². The van der Waals surface area contributed by atoms with E-state index < -0.39 is 27.3 Å². The van der Waals surface area contributed by atoms with Gasteiger partial charge < -0.3 is 4.90 Å². The van der Waals surface area contributed by atoms with Crippen molar-refractivity contribution in [2.75, 3.05) is 11.5 Å². The lowest BCUT2D eigenvalue weighted by molar-refractivity contribution is -0.129. The van der Waals surface area contributed by atoms with Crippen molar-refractivity contribution in [2.45, 2.75) is 38.3 Å². The Hall–Kier alpha value is -1.92. The molecule has 0 atom stereocenters. The van der Waals surface area contributed by atoms with Crippen LogP contribution in [-0.4, -0.2) is 36.8 Å². The number of carbonyl (C=O) groups is 1. The van der Waals surface area contributed by atoms with Crippen molar-refractivity contribution >= 4 is 27.3 Å². The maximum atomic E-state index is 14.1. The van der Waals surface area contributed by atoms with Crippen molar-refractivity contribution in [1.29, 1.82) is 0 Å². The van der Waals surface area contributed by atoms with Crippen molar-refractivity contribution in [3.05, 3.63) is 70.5 Å². The van der Waals surface area contributed by atoms with Crippen LogP contribution in [0, 0.1) is 5.82 Å². The summed E-state index contributed by atoms with van der Waals surface area (Å²) in [5.41, 5.74) is 1.30. The number of aryl methyl sites for hydroxylation is 1. The van der Waals surface area contributed by atoms with E-state index in [1.54, 1.807) is 6.07 Å². The molecule has 0 radical (unpaired) electrons. The average molecular weight is 424 g/mol. The summed E-state index contributed by atoms with van der Waals surface area (Å²) in [5.74, 6) is -1.57. The van der Waals surface area contributed by atoms with Crippen LogP contribution in [-0.2, 0) is 27.6 Å². The zero-order valence-electron chi connectivity index (χ0n) is 15.5. The number of rotatable bonds is 9. The molecule has 2 aromatic carbocycles. The number of benzene rings is 2. The number of amides is 1. The number of carbonyl (C=O) groups excluding carboxylic acids is 1. The van der Waals surface area contributed by atoms with E-state index in [9.17, 15) is 17.6 Å². The van der Waals surface area contributed by atoms with Crippen LogP contribution in [0.3, 0.4) is 0 Å². The second-order valence-electron chi connectivity index (χ2n) is 7.13. The smallest absolute Gasteiger partial charge is 0.238 e. The largest absolute Gasteiger partial charge is 0.334 e. The first-order valence-corrected chi connectivity index (χ1v) is 11.5. The summed E-state index contributed by atoms with van der Waals surface area (Å²) in [4.78, 5) is 14.1. The molecule has 1 fully saturated rings. The summed E-state index contributed by atoms with van der Waals surface area (Å²) in [6.45, 7) is -0.00541. The third kappa shape index (κ3) is 5.79. The van der Waals surface area contributed by atoms with Crippen LogP contribution in [0.1, 0.15) is 30.4 Å². The summed E-state index contributed by atoms with van der Waals surface area (Å²) in [6, 6.07) is 13.9. The molecule has 0 aliphatic heterocycles. The Morgan fingerprint density at radius 3 is 2.46 bits per heavy atom. The van der Waals surface area contributed by atoms with Gasteiger partial charge in [0.1, 0.15) is 11.6 Å². The predicted molar refractivity (Wildman–Crippen MR) is 108 cm³/mol. The third-order valence-corrected chi connectivity index (χ3v) is 6.76. The topological polar surface area (TPSA) is 54.5 Å². The Labute approximate surface area is 170 Å². The van der Waals surface area contributed by atoms with Crippen molar-refractivity contribution in [3.63, 3.8) is 0 Å². The maximum absolute atomic E-state index is 14.1. The molecule has 0 bridgehead atoms. The van der Waals surface area contributed by atoms with E-state index in [1.165, 1.54) is 17.0 Å². The van der Waals surface area contributed by atoms with Gasteiger partial charge in [-0.15, -0.1) is 0 Å². The molecule has 4 nitrogen and oxygen atoms in total. The minimum Gasteiger partial charge on any atom is -0.334 e. The molecule has 0 spiro atoms. The Morgan fingerprint density at radius 2 is 1.82 bits per heavy atom. The minimum absolute atomic E-state index is 0.00541. The second-order valence-corrected chi connectivity index (χ2v) is 9.73. The fourth-order valence-corrected chi connectivity index (χ4v) is 4.64. The molecule has 28 heavy (non-hydrogen) atoms. The fraction of sp³-hybridized carbons (Fsp3) is 0.381. The fourth-order valence-electron chi connectivity index (χ4n) is 3.14. The highest BCUT2D eigenvalue weighted by Gasteiger charge is 2.35. The van der Waals surface area contributed by atoms with Gasteiger partial charge in [-0.2, -0.15) is 0 Å². The quantitative estimate of drug-likeness (QED) is 0.612. The van der Waals surface area contributed by atoms with E-state index in [0.29, 0.717) is 12.8 Å². The van der Waals surface area contributed by atoms with E-state index in [0.717, 1.165) is 18.4 Å². The van der Waals surface area contributed by atoms with Crippen molar-refractivity contribution in [2.24, 2.45) is 0 Å². The third-order valence-electron chi connectivity index (χ3n) is 4.81.